The van der Waals surface area contributed by atoms with E-state index < -0.39 is 0 Å². The van der Waals surface area contributed by atoms with Gasteiger partial charge < -0.3 is 9.84 Å². The number of fused-ring (bicyclic) bond motifs is 1. The van der Waals surface area contributed by atoms with Gasteiger partial charge in [-0.05, 0) is 37.6 Å². The molecule has 164 valence electrons. The van der Waals surface area contributed by atoms with Crippen molar-refractivity contribution in [3.63, 3.8) is 0 Å². The van der Waals surface area contributed by atoms with Crippen molar-refractivity contribution in [3.05, 3.63) is 76.7 Å². The van der Waals surface area contributed by atoms with E-state index in [0.29, 0.717) is 18.1 Å². The summed E-state index contributed by atoms with van der Waals surface area (Å²) in [5.41, 5.74) is 1.36. The molecule has 8 nitrogen and oxygen atoms in total. The summed E-state index contributed by atoms with van der Waals surface area (Å²) in [7, 11) is 1.58. The Balaban J connectivity index is 1.38. The number of phenolic OH excluding ortho intramolecular Hbond substituents is 1. The van der Waals surface area contributed by atoms with Crippen molar-refractivity contribution < 1.29 is 9.84 Å². The van der Waals surface area contributed by atoms with E-state index in [1.165, 1.54) is 4.68 Å². The lowest BCUT2D eigenvalue weighted by Gasteiger charge is -2.31. The second kappa shape index (κ2) is 8.47. The van der Waals surface area contributed by atoms with Crippen LogP contribution in [-0.4, -0.2) is 50.0 Å². The van der Waals surface area contributed by atoms with Crippen LogP contribution in [0.1, 0.15) is 30.1 Å². The average molecular weight is 431 g/mol. The molecule has 1 saturated heterocycles. The SMILES string of the molecule is COc1ccc(CN2CCCC(c3nn(-c4cccc5cnccc45)c(=O)[nH]3)C2)c(O)c1. The molecule has 32 heavy (non-hydrogen) atoms. The topological polar surface area (TPSA) is 96.3 Å². The Morgan fingerprint density at radius 3 is 3.00 bits per heavy atom. The number of benzene rings is 2. The highest BCUT2D eigenvalue weighted by Gasteiger charge is 2.25. The van der Waals surface area contributed by atoms with E-state index in [2.05, 4.69) is 20.0 Å². The van der Waals surface area contributed by atoms with Gasteiger partial charge in [0.05, 0.1) is 12.8 Å². The summed E-state index contributed by atoms with van der Waals surface area (Å²) < 4.78 is 6.62. The highest BCUT2D eigenvalue weighted by atomic mass is 16.5. The quantitative estimate of drug-likeness (QED) is 0.504. The van der Waals surface area contributed by atoms with Crippen molar-refractivity contribution in [1.29, 1.82) is 0 Å². The fourth-order valence-electron chi connectivity index (χ4n) is 4.45. The fraction of sp³-hybridized carbons (Fsp3) is 0.292. The van der Waals surface area contributed by atoms with Crippen molar-refractivity contribution >= 4 is 10.8 Å². The van der Waals surface area contributed by atoms with Gasteiger partial charge in [-0.3, -0.25) is 14.9 Å². The minimum Gasteiger partial charge on any atom is -0.507 e. The second-order valence-corrected chi connectivity index (χ2v) is 8.17. The molecule has 2 aromatic heterocycles. The number of H-pyrrole nitrogens is 1. The first kappa shape index (κ1) is 20.3. The van der Waals surface area contributed by atoms with Crippen LogP contribution < -0.4 is 10.4 Å². The molecule has 2 aromatic carbocycles. The minimum absolute atomic E-state index is 0.120. The van der Waals surface area contributed by atoms with Crippen LogP contribution in [0.4, 0.5) is 0 Å². The van der Waals surface area contributed by atoms with Crippen LogP contribution in [-0.2, 0) is 6.54 Å². The Morgan fingerprint density at radius 2 is 2.16 bits per heavy atom. The standard InChI is InChI=1S/C24H25N5O3/c1-32-19-8-7-17(22(30)12-19)14-28-11-3-5-18(15-28)23-26-24(31)29(27-23)21-6-2-4-16-13-25-10-9-20(16)21/h2,4,6-10,12-13,18,30H,3,5,11,14-15H2,1H3,(H,26,27,31). The maximum absolute atomic E-state index is 12.8. The number of pyridine rings is 1. The zero-order valence-electron chi connectivity index (χ0n) is 17.9. The first-order chi connectivity index (χ1) is 15.6. The number of nitrogens with one attached hydrogen (secondary N) is 1. The van der Waals surface area contributed by atoms with E-state index in [0.717, 1.165) is 48.0 Å². The lowest BCUT2D eigenvalue weighted by atomic mass is 9.97. The van der Waals surface area contributed by atoms with Crippen LogP contribution >= 0.6 is 0 Å². The number of phenols is 1. The van der Waals surface area contributed by atoms with Gasteiger partial charge in [0.2, 0.25) is 0 Å². The molecular formula is C24H25N5O3. The second-order valence-electron chi connectivity index (χ2n) is 8.17. The Bertz CT molecular complexity index is 1310. The van der Waals surface area contributed by atoms with E-state index >= 15 is 0 Å². The minimum atomic E-state index is -0.241. The molecule has 2 N–H and O–H groups in total. The van der Waals surface area contributed by atoms with Crippen LogP contribution in [0, 0.1) is 0 Å². The molecule has 4 aromatic rings. The molecular weight excluding hydrogens is 406 g/mol. The van der Waals surface area contributed by atoms with Gasteiger partial charge in [-0.2, -0.15) is 4.68 Å². The maximum atomic E-state index is 12.8. The van der Waals surface area contributed by atoms with Crippen molar-refractivity contribution in [1.82, 2.24) is 24.6 Å². The summed E-state index contributed by atoms with van der Waals surface area (Å²) in [5, 5.41) is 16.9. The molecule has 3 heterocycles. The number of aromatic hydroxyl groups is 1. The molecule has 1 aliphatic heterocycles. The lowest BCUT2D eigenvalue weighted by Crippen LogP contribution is -2.34. The molecule has 1 unspecified atom stereocenters. The van der Waals surface area contributed by atoms with Gasteiger partial charge >= 0.3 is 5.69 Å². The van der Waals surface area contributed by atoms with E-state index in [4.69, 9.17) is 4.74 Å². The number of likely N-dealkylation sites (tertiary alicyclic amines) is 1. The molecule has 1 fully saturated rings. The number of ether oxygens (including phenoxy) is 1. The Labute approximate surface area is 185 Å². The summed E-state index contributed by atoms with van der Waals surface area (Å²) in [6, 6.07) is 13.1. The average Bonchev–Trinajstić information content (AvgIpc) is 3.21. The zero-order valence-corrected chi connectivity index (χ0v) is 17.9. The number of aromatic amines is 1. The fourth-order valence-corrected chi connectivity index (χ4v) is 4.45. The molecule has 0 spiro atoms. The highest BCUT2D eigenvalue weighted by molar-refractivity contribution is 5.89. The molecule has 0 aliphatic carbocycles. The number of piperidine rings is 1. The summed E-state index contributed by atoms with van der Waals surface area (Å²) in [4.78, 5) is 22.2. The smallest absolute Gasteiger partial charge is 0.348 e. The van der Waals surface area contributed by atoms with Gasteiger partial charge in [-0.1, -0.05) is 18.2 Å². The van der Waals surface area contributed by atoms with Gasteiger partial charge in [0.15, 0.2) is 0 Å². The summed E-state index contributed by atoms with van der Waals surface area (Å²) in [6.07, 6.45) is 5.46. The molecule has 0 saturated carbocycles. The van der Waals surface area contributed by atoms with Crippen LogP contribution in [0.15, 0.2) is 59.7 Å². The Hall–Kier alpha value is -3.65. The molecule has 1 atom stereocenters. The number of hydrogen-bond acceptors (Lipinski definition) is 6. The first-order valence-electron chi connectivity index (χ1n) is 10.7. The van der Waals surface area contributed by atoms with E-state index in [1.807, 2.05) is 36.4 Å². The number of hydrogen-bond donors (Lipinski definition) is 2. The summed E-state index contributed by atoms with van der Waals surface area (Å²) >= 11 is 0. The van der Waals surface area contributed by atoms with Crippen LogP contribution in [0.3, 0.4) is 0 Å². The Kier molecular flexibility index (Phi) is 5.36. The largest absolute Gasteiger partial charge is 0.507 e. The number of aromatic nitrogens is 4. The van der Waals surface area contributed by atoms with Gasteiger partial charge in [-0.25, -0.2) is 4.79 Å². The van der Waals surface area contributed by atoms with Crippen LogP contribution in [0.2, 0.25) is 0 Å². The van der Waals surface area contributed by atoms with Crippen molar-refractivity contribution in [2.24, 2.45) is 0 Å². The normalized spacial score (nSPS) is 17.0. The highest BCUT2D eigenvalue weighted by Crippen LogP contribution is 2.29. The Morgan fingerprint density at radius 1 is 1.25 bits per heavy atom. The summed E-state index contributed by atoms with van der Waals surface area (Å²) in [6.45, 7) is 2.33. The first-order valence-corrected chi connectivity index (χ1v) is 10.7. The predicted molar refractivity (Wildman–Crippen MR) is 121 cm³/mol. The van der Waals surface area contributed by atoms with Crippen LogP contribution in [0.25, 0.3) is 16.5 Å². The van der Waals surface area contributed by atoms with Gasteiger partial charge in [0.25, 0.3) is 0 Å². The number of rotatable bonds is 5. The number of methoxy groups -OCH3 is 1. The predicted octanol–water partition coefficient (Wildman–Crippen LogP) is 3.20. The molecule has 1 aliphatic rings. The van der Waals surface area contributed by atoms with Crippen molar-refractivity contribution in [2.75, 3.05) is 20.2 Å². The van der Waals surface area contributed by atoms with E-state index in [-0.39, 0.29) is 17.4 Å². The van der Waals surface area contributed by atoms with Crippen molar-refractivity contribution in [2.45, 2.75) is 25.3 Å². The van der Waals surface area contributed by atoms with Gasteiger partial charge in [0.1, 0.15) is 17.3 Å². The lowest BCUT2D eigenvalue weighted by molar-refractivity contribution is 0.194. The molecule has 8 heteroatoms. The van der Waals surface area contributed by atoms with E-state index in [9.17, 15) is 9.90 Å². The summed E-state index contributed by atoms with van der Waals surface area (Å²) in [5.74, 6) is 1.68. The van der Waals surface area contributed by atoms with Crippen LogP contribution in [0.5, 0.6) is 11.5 Å². The third-order valence-corrected chi connectivity index (χ3v) is 6.10. The third-order valence-electron chi connectivity index (χ3n) is 6.10. The molecule has 0 radical (unpaired) electrons. The molecule has 5 rings (SSSR count). The van der Waals surface area contributed by atoms with Gasteiger partial charge in [-0.15, -0.1) is 5.10 Å². The molecule has 0 bridgehead atoms. The third kappa shape index (κ3) is 3.85. The molecule has 0 amide bonds. The number of nitrogens with zero attached hydrogens (tertiary/aromatic N) is 4. The zero-order chi connectivity index (χ0) is 22.1. The van der Waals surface area contributed by atoms with Crippen molar-refractivity contribution in [3.8, 4) is 17.2 Å². The maximum Gasteiger partial charge on any atom is 0.348 e. The monoisotopic (exact) mass is 431 g/mol. The van der Waals surface area contributed by atoms with E-state index in [1.54, 1.807) is 25.6 Å². The van der Waals surface area contributed by atoms with Gasteiger partial charge in [0, 0.05) is 53.8 Å².